The SMILES string of the molecule is CCOC(=O)c1c(C)oc(NC(=O)C(C)n2c(N)nnc2SCC#N)c1C(=O)OCC. The lowest BCUT2D eigenvalue weighted by atomic mass is 10.1. The highest BCUT2D eigenvalue weighted by molar-refractivity contribution is 7.99. The quantitative estimate of drug-likeness (QED) is 0.421. The molecule has 0 aliphatic heterocycles. The van der Waals surface area contributed by atoms with Crippen LogP contribution in [0.2, 0.25) is 0 Å². The van der Waals surface area contributed by atoms with Crippen LogP contribution >= 0.6 is 11.8 Å². The van der Waals surface area contributed by atoms with Crippen molar-refractivity contribution in [2.45, 2.75) is 38.9 Å². The number of nitrogens with two attached hydrogens (primary N) is 1. The van der Waals surface area contributed by atoms with E-state index in [4.69, 9.17) is 24.9 Å². The molecule has 3 N–H and O–H groups in total. The molecule has 13 heteroatoms. The molecule has 0 aromatic carbocycles. The largest absolute Gasteiger partial charge is 0.462 e. The standard InChI is InChI=1S/C18H22N6O6S/c1-5-28-15(26)11-10(4)30-14(12(11)16(27)29-6-2)21-13(25)9(3)24-17(20)22-23-18(24)31-8-7-19/h9H,5-6,8H2,1-4H3,(H2,20,22)(H,21,25). The summed E-state index contributed by atoms with van der Waals surface area (Å²) < 4.78 is 16.8. The first-order valence-corrected chi connectivity index (χ1v) is 10.2. The van der Waals surface area contributed by atoms with Gasteiger partial charge in [0, 0.05) is 0 Å². The number of amides is 1. The van der Waals surface area contributed by atoms with Gasteiger partial charge >= 0.3 is 11.9 Å². The highest BCUT2D eigenvalue weighted by Gasteiger charge is 2.32. The molecule has 1 atom stereocenters. The van der Waals surface area contributed by atoms with Crippen molar-refractivity contribution in [1.82, 2.24) is 14.8 Å². The fourth-order valence-electron chi connectivity index (χ4n) is 2.66. The molecule has 0 spiro atoms. The summed E-state index contributed by atoms with van der Waals surface area (Å²) in [6.07, 6.45) is 0. The molecule has 1 unspecified atom stereocenters. The normalized spacial score (nSPS) is 11.5. The van der Waals surface area contributed by atoms with Gasteiger partial charge in [-0.25, -0.2) is 9.59 Å². The topological polar surface area (TPSA) is 175 Å². The molecule has 0 aliphatic carbocycles. The minimum absolute atomic E-state index is 0.0310. The number of hydrogen-bond donors (Lipinski definition) is 2. The van der Waals surface area contributed by atoms with Gasteiger partial charge in [-0.15, -0.1) is 10.2 Å². The van der Waals surface area contributed by atoms with Gasteiger partial charge < -0.3 is 19.6 Å². The van der Waals surface area contributed by atoms with Crippen LogP contribution < -0.4 is 11.1 Å². The Morgan fingerprint density at radius 2 is 1.84 bits per heavy atom. The van der Waals surface area contributed by atoms with Crippen LogP contribution in [0.15, 0.2) is 9.57 Å². The average molecular weight is 450 g/mol. The zero-order valence-corrected chi connectivity index (χ0v) is 18.2. The van der Waals surface area contributed by atoms with E-state index < -0.39 is 23.9 Å². The van der Waals surface area contributed by atoms with Gasteiger partial charge in [0.1, 0.15) is 22.9 Å². The summed E-state index contributed by atoms with van der Waals surface area (Å²) in [7, 11) is 0. The van der Waals surface area contributed by atoms with E-state index in [9.17, 15) is 14.4 Å². The first kappa shape index (κ1) is 23.7. The first-order valence-electron chi connectivity index (χ1n) is 9.25. The van der Waals surface area contributed by atoms with Gasteiger partial charge in [-0.05, 0) is 27.7 Å². The average Bonchev–Trinajstić information content (AvgIpc) is 3.25. The van der Waals surface area contributed by atoms with E-state index >= 15 is 0 Å². The summed E-state index contributed by atoms with van der Waals surface area (Å²) in [5, 5.41) is 19.1. The van der Waals surface area contributed by atoms with Gasteiger partial charge in [0.15, 0.2) is 5.16 Å². The van der Waals surface area contributed by atoms with Gasteiger partial charge in [0.2, 0.25) is 17.7 Å². The number of carbonyl (C=O) groups excluding carboxylic acids is 3. The number of anilines is 2. The van der Waals surface area contributed by atoms with E-state index in [1.165, 1.54) is 18.4 Å². The number of nitrogen functional groups attached to an aromatic ring is 1. The van der Waals surface area contributed by atoms with E-state index in [1.807, 2.05) is 6.07 Å². The summed E-state index contributed by atoms with van der Waals surface area (Å²) in [5.41, 5.74) is 5.45. The molecule has 2 heterocycles. The molecule has 0 radical (unpaired) electrons. The van der Waals surface area contributed by atoms with Gasteiger partial charge in [-0.1, -0.05) is 11.8 Å². The maximum absolute atomic E-state index is 12.9. The van der Waals surface area contributed by atoms with Crippen LogP contribution in [0.3, 0.4) is 0 Å². The predicted molar refractivity (Wildman–Crippen MR) is 109 cm³/mol. The maximum Gasteiger partial charge on any atom is 0.344 e. The van der Waals surface area contributed by atoms with Crippen molar-refractivity contribution in [2.75, 3.05) is 30.0 Å². The highest BCUT2D eigenvalue weighted by Crippen LogP contribution is 2.30. The molecule has 1 amide bonds. The lowest BCUT2D eigenvalue weighted by molar-refractivity contribution is -0.119. The highest BCUT2D eigenvalue weighted by atomic mass is 32.2. The molecule has 0 bridgehead atoms. The van der Waals surface area contributed by atoms with Gasteiger partial charge in [0.25, 0.3) is 0 Å². The van der Waals surface area contributed by atoms with E-state index in [0.29, 0.717) is 0 Å². The fourth-order valence-corrected chi connectivity index (χ4v) is 3.34. The van der Waals surface area contributed by atoms with Crippen LogP contribution in [0.1, 0.15) is 53.3 Å². The van der Waals surface area contributed by atoms with Crippen LogP contribution in [0.25, 0.3) is 0 Å². The molecule has 166 valence electrons. The third-order valence-electron chi connectivity index (χ3n) is 4.00. The van der Waals surface area contributed by atoms with E-state index in [2.05, 4.69) is 15.5 Å². The second-order valence-electron chi connectivity index (χ2n) is 6.00. The zero-order chi connectivity index (χ0) is 23.1. The van der Waals surface area contributed by atoms with Crippen molar-refractivity contribution < 1.29 is 28.3 Å². The Balaban J connectivity index is 2.40. The third-order valence-corrected chi connectivity index (χ3v) is 4.81. The molecule has 2 rings (SSSR count). The van der Waals surface area contributed by atoms with Crippen LogP contribution in [-0.2, 0) is 14.3 Å². The number of furan rings is 1. The summed E-state index contributed by atoms with van der Waals surface area (Å²) in [6, 6.07) is 1.02. The Labute approximate surface area is 182 Å². The monoisotopic (exact) mass is 450 g/mol. The minimum Gasteiger partial charge on any atom is -0.462 e. The lowest BCUT2D eigenvalue weighted by Crippen LogP contribution is -2.26. The number of aromatic nitrogens is 3. The van der Waals surface area contributed by atoms with Crippen molar-refractivity contribution in [3.05, 3.63) is 16.9 Å². The molecular formula is C18H22N6O6S. The smallest absolute Gasteiger partial charge is 0.344 e. The van der Waals surface area contributed by atoms with Crippen molar-refractivity contribution in [3.8, 4) is 6.07 Å². The fraction of sp³-hybridized carbons (Fsp3) is 0.444. The van der Waals surface area contributed by atoms with E-state index in [0.717, 1.165) is 11.8 Å². The zero-order valence-electron chi connectivity index (χ0n) is 17.4. The number of esters is 2. The van der Waals surface area contributed by atoms with Crippen molar-refractivity contribution in [3.63, 3.8) is 0 Å². The third kappa shape index (κ3) is 5.15. The molecule has 0 fully saturated rings. The Hall–Kier alpha value is -3.53. The maximum atomic E-state index is 12.9. The Bertz CT molecular complexity index is 1020. The first-order chi connectivity index (χ1) is 14.8. The van der Waals surface area contributed by atoms with Gasteiger partial charge in [-0.2, -0.15) is 5.26 Å². The van der Waals surface area contributed by atoms with Gasteiger partial charge in [-0.3, -0.25) is 14.7 Å². The molecule has 0 aliphatic rings. The molecule has 2 aromatic rings. The summed E-state index contributed by atoms with van der Waals surface area (Å²) in [6.45, 7) is 6.34. The Morgan fingerprint density at radius 1 is 1.23 bits per heavy atom. The second kappa shape index (κ2) is 10.5. The lowest BCUT2D eigenvalue weighted by Gasteiger charge is -2.15. The molecule has 31 heavy (non-hydrogen) atoms. The molecule has 0 saturated carbocycles. The number of nitriles is 1. The molecular weight excluding hydrogens is 428 g/mol. The number of ether oxygens (including phenoxy) is 2. The Kier molecular flexibility index (Phi) is 8.03. The van der Waals surface area contributed by atoms with Crippen molar-refractivity contribution in [2.24, 2.45) is 0 Å². The number of nitrogens with one attached hydrogen (secondary N) is 1. The predicted octanol–water partition coefficient (Wildman–Crippen LogP) is 1.93. The summed E-state index contributed by atoms with van der Waals surface area (Å²) in [4.78, 5) is 37.7. The van der Waals surface area contributed by atoms with E-state index in [-0.39, 0.29) is 52.8 Å². The van der Waals surface area contributed by atoms with E-state index in [1.54, 1.807) is 13.8 Å². The minimum atomic E-state index is -0.928. The second-order valence-corrected chi connectivity index (χ2v) is 6.94. The number of thioether (sulfide) groups is 1. The number of aryl methyl sites for hydroxylation is 1. The van der Waals surface area contributed by atoms with Crippen molar-refractivity contribution in [1.29, 1.82) is 5.26 Å². The number of rotatable bonds is 9. The summed E-state index contributed by atoms with van der Waals surface area (Å²) in [5.74, 6) is -2.37. The molecule has 0 saturated heterocycles. The van der Waals surface area contributed by atoms with Crippen LogP contribution in [-0.4, -0.2) is 51.6 Å². The van der Waals surface area contributed by atoms with Crippen LogP contribution in [0.4, 0.5) is 11.8 Å². The molecule has 2 aromatic heterocycles. The number of carbonyl (C=O) groups is 3. The van der Waals surface area contributed by atoms with Crippen LogP contribution in [0.5, 0.6) is 0 Å². The molecule has 12 nitrogen and oxygen atoms in total. The Morgan fingerprint density at radius 3 is 2.42 bits per heavy atom. The number of hydrogen-bond acceptors (Lipinski definition) is 11. The van der Waals surface area contributed by atoms with Crippen LogP contribution in [0, 0.1) is 18.3 Å². The summed E-state index contributed by atoms with van der Waals surface area (Å²) >= 11 is 1.06. The number of nitrogens with zero attached hydrogens (tertiary/aromatic N) is 4. The van der Waals surface area contributed by atoms with Crippen molar-refractivity contribution >= 4 is 41.4 Å². The van der Waals surface area contributed by atoms with Gasteiger partial charge in [0.05, 0.1) is 25.0 Å².